The Labute approximate surface area is 103 Å². The van der Waals surface area contributed by atoms with Gasteiger partial charge in [0.25, 0.3) is 0 Å². The first-order chi connectivity index (χ1) is 7.28. The lowest BCUT2D eigenvalue weighted by Gasteiger charge is -2.39. The summed E-state index contributed by atoms with van der Waals surface area (Å²) < 4.78 is 26.2. The van der Waals surface area contributed by atoms with Crippen molar-refractivity contribution in [1.29, 1.82) is 0 Å². The van der Waals surface area contributed by atoms with E-state index in [9.17, 15) is 8.42 Å². The van der Waals surface area contributed by atoms with Crippen LogP contribution >= 0.6 is 12.2 Å². The van der Waals surface area contributed by atoms with E-state index in [2.05, 4.69) is 0 Å². The summed E-state index contributed by atoms with van der Waals surface area (Å²) in [6, 6.07) is 0.0936. The van der Waals surface area contributed by atoms with Gasteiger partial charge in [0.2, 0.25) is 10.0 Å². The number of hydrogen-bond acceptors (Lipinski definition) is 3. The Morgan fingerprint density at radius 3 is 2.19 bits per heavy atom. The molecule has 0 spiro atoms. The number of nitrogens with zero attached hydrogens (tertiary/aromatic N) is 1. The number of thiocarbonyl (C=S) groups is 1. The van der Waals surface area contributed by atoms with Gasteiger partial charge in [-0.1, -0.05) is 18.6 Å². The fourth-order valence-electron chi connectivity index (χ4n) is 2.23. The fourth-order valence-corrected chi connectivity index (χ4v) is 4.47. The Bertz CT molecular complexity index is 357. The first kappa shape index (κ1) is 13.9. The molecule has 0 saturated carbocycles. The minimum absolute atomic E-state index is 0.0463. The van der Waals surface area contributed by atoms with Gasteiger partial charge in [0.1, 0.15) is 5.25 Å². The van der Waals surface area contributed by atoms with Gasteiger partial charge in [0, 0.05) is 12.1 Å². The van der Waals surface area contributed by atoms with Crippen molar-refractivity contribution in [3.8, 4) is 0 Å². The van der Waals surface area contributed by atoms with E-state index in [1.807, 2.05) is 13.8 Å². The first-order valence-corrected chi connectivity index (χ1v) is 7.51. The van der Waals surface area contributed by atoms with Crippen molar-refractivity contribution in [1.82, 2.24) is 4.31 Å². The Morgan fingerprint density at radius 1 is 1.38 bits per heavy atom. The minimum Gasteiger partial charge on any atom is -0.392 e. The molecule has 0 aromatic heterocycles. The highest BCUT2D eigenvalue weighted by Gasteiger charge is 2.38. The van der Waals surface area contributed by atoms with E-state index in [-0.39, 0.29) is 17.1 Å². The van der Waals surface area contributed by atoms with Crippen LogP contribution in [0.3, 0.4) is 0 Å². The molecule has 0 bridgehead atoms. The second kappa shape index (κ2) is 4.98. The highest BCUT2D eigenvalue weighted by molar-refractivity contribution is 7.92. The molecule has 1 aliphatic heterocycles. The Balaban J connectivity index is 3.01. The van der Waals surface area contributed by atoms with Crippen LogP contribution in [0.1, 0.15) is 40.0 Å². The number of sulfonamides is 1. The van der Waals surface area contributed by atoms with Crippen LogP contribution in [0.25, 0.3) is 0 Å². The van der Waals surface area contributed by atoms with Gasteiger partial charge in [-0.05, 0) is 33.6 Å². The van der Waals surface area contributed by atoms with E-state index in [4.69, 9.17) is 18.0 Å². The normalized spacial score (nSPS) is 29.9. The second-order valence-corrected chi connectivity index (χ2v) is 7.18. The third-order valence-electron chi connectivity index (χ3n) is 3.25. The summed E-state index contributed by atoms with van der Waals surface area (Å²) in [7, 11) is -3.39. The summed E-state index contributed by atoms with van der Waals surface area (Å²) >= 11 is 4.78. The van der Waals surface area contributed by atoms with Gasteiger partial charge < -0.3 is 5.73 Å². The van der Waals surface area contributed by atoms with E-state index in [1.54, 1.807) is 11.2 Å². The average molecular weight is 264 g/mol. The van der Waals surface area contributed by atoms with Gasteiger partial charge >= 0.3 is 0 Å². The SMILES string of the molecule is CC1CCCC(C)N1S(=O)(=O)C(C)C(N)=S. The van der Waals surface area contributed by atoms with Gasteiger partial charge in [-0.2, -0.15) is 4.31 Å². The molecule has 6 heteroatoms. The maximum Gasteiger partial charge on any atom is 0.223 e. The molecule has 0 aromatic carbocycles. The quantitative estimate of drug-likeness (QED) is 0.779. The standard InChI is InChI=1S/C10H20N2O2S2/c1-7-5-4-6-8(2)12(7)16(13,14)9(3)10(11)15/h7-9H,4-6H2,1-3H3,(H2,11,15). The van der Waals surface area contributed by atoms with Crippen LogP contribution in [0.2, 0.25) is 0 Å². The van der Waals surface area contributed by atoms with Crippen molar-refractivity contribution >= 4 is 27.2 Å². The molecule has 4 nitrogen and oxygen atoms in total. The summed E-state index contributed by atoms with van der Waals surface area (Å²) in [5.74, 6) is 0. The monoisotopic (exact) mass is 264 g/mol. The molecule has 3 unspecified atom stereocenters. The van der Waals surface area contributed by atoms with Crippen LogP contribution in [0.5, 0.6) is 0 Å². The van der Waals surface area contributed by atoms with Crippen LogP contribution in [0.4, 0.5) is 0 Å². The molecule has 0 aliphatic carbocycles. The van der Waals surface area contributed by atoms with Gasteiger partial charge in [-0.15, -0.1) is 0 Å². The summed E-state index contributed by atoms with van der Waals surface area (Å²) in [6.45, 7) is 5.45. The summed E-state index contributed by atoms with van der Waals surface area (Å²) in [4.78, 5) is 0.0463. The average Bonchev–Trinajstić information content (AvgIpc) is 2.15. The van der Waals surface area contributed by atoms with E-state index < -0.39 is 15.3 Å². The summed E-state index contributed by atoms with van der Waals surface area (Å²) in [5, 5.41) is -0.773. The molecule has 3 atom stereocenters. The molecule has 1 aliphatic rings. The molecule has 1 fully saturated rings. The van der Waals surface area contributed by atoms with Gasteiger partial charge in [0.15, 0.2) is 0 Å². The van der Waals surface area contributed by atoms with Crippen molar-refractivity contribution in [3.05, 3.63) is 0 Å². The number of piperidine rings is 1. The van der Waals surface area contributed by atoms with Crippen LogP contribution < -0.4 is 5.73 Å². The third kappa shape index (κ3) is 2.55. The Morgan fingerprint density at radius 2 is 1.81 bits per heavy atom. The number of nitrogens with two attached hydrogens (primary N) is 1. The van der Waals surface area contributed by atoms with E-state index in [0.29, 0.717) is 0 Å². The molecule has 16 heavy (non-hydrogen) atoms. The molecular weight excluding hydrogens is 244 g/mol. The minimum atomic E-state index is -3.39. The summed E-state index contributed by atoms with van der Waals surface area (Å²) in [6.07, 6.45) is 2.90. The van der Waals surface area contributed by atoms with Crippen molar-refractivity contribution in [2.45, 2.75) is 57.4 Å². The zero-order valence-corrected chi connectivity index (χ0v) is 11.6. The van der Waals surface area contributed by atoms with Gasteiger partial charge in [-0.3, -0.25) is 0 Å². The van der Waals surface area contributed by atoms with E-state index in [1.165, 1.54) is 0 Å². The van der Waals surface area contributed by atoms with Gasteiger partial charge in [0.05, 0.1) is 4.99 Å². The molecular formula is C10H20N2O2S2. The molecule has 1 heterocycles. The maximum absolute atomic E-state index is 12.3. The Hall–Kier alpha value is -0.200. The second-order valence-electron chi connectivity index (χ2n) is 4.55. The topological polar surface area (TPSA) is 63.4 Å². The molecule has 0 radical (unpaired) electrons. The van der Waals surface area contributed by atoms with Crippen molar-refractivity contribution < 1.29 is 8.42 Å². The smallest absolute Gasteiger partial charge is 0.223 e. The largest absolute Gasteiger partial charge is 0.392 e. The highest BCUT2D eigenvalue weighted by Crippen LogP contribution is 2.27. The predicted octanol–water partition coefficient (Wildman–Crippen LogP) is 1.25. The molecule has 1 saturated heterocycles. The van der Waals surface area contributed by atoms with Gasteiger partial charge in [-0.25, -0.2) is 8.42 Å². The first-order valence-electron chi connectivity index (χ1n) is 5.60. The molecule has 94 valence electrons. The van der Waals surface area contributed by atoms with Crippen LogP contribution in [0, 0.1) is 0 Å². The lowest BCUT2D eigenvalue weighted by atomic mass is 10.0. The fraction of sp³-hybridized carbons (Fsp3) is 0.900. The van der Waals surface area contributed by atoms with Crippen molar-refractivity contribution in [2.75, 3.05) is 0 Å². The van der Waals surface area contributed by atoms with Crippen LogP contribution in [-0.2, 0) is 10.0 Å². The van der Waals surface area contributed by atoms with Crippen molar-refractivity contribution in [2.24, 2.45) is 5.73 Å². The number of rotatable bonds is 3. The Kier molecular flexibility index (Phi) is 4.31. The third-order valence-corrected chi connectivity index (χ3v) is 6.21. The zero-order chi connectivity index (χ0) is 12.5. The lowest BCUT2D eigenvalue weighted by molar-refractivity contribution is 0.203. The summed E-state index contributed by atoms with van der Waals surface area (Å²) in [5.41, 5.74) is 5.45. The molecule has 0 amide bonds. The zero-order valence-electron chi connectivity index (χ0n) is 10.0. The van der Waals surface area contributed by atoms with E-state index in [0.717, 1.165) is 19.3 Å². The molecule has 0 aromatic rings. The van der Waals surface area contributed by atoms with Crippen molar-refractivity contribution in [3.63, 3.8) is 0 Å². The molecule has 1 rings (SSSR count). The van der Waals surface area contributed by atoms with Crippen LogP contribution in [0.15, 0.2) is 0 Å². The lowest BCUT2D eigenvalue weighted by Crippen LogP contribution is -2.52. The van der Waals surface area contributed by atoms with Crippen LogP contribution in [-0.4, -0.2) is 35.0 Å². The predicted molar refractivity (Wildman–Crippen MR) is 69.8 cm³/mol. The molecule has 2 N–H and O–H groups in total. The van der Waals surface area contributed by atoms with E-state index >= 15 is 0 Å². The highest BCUT2D eigenvalue weighted by atomic mass is 32.2. The number of hydrogen-bond donors (Lipinski definition) is 1. The maximum atomic E-state index is 12.3.